The Balaban J connectivity index is 1.21. The summed E-state index contributed by atoms with van der Waals surface area (Å²) >= 11 is 7.20. The molecule has 2 heterocycles. The van der Waals surface area contributed by atoms with Gasteiger partial charge in [0, 0.05) is 49.4 Å². The van der Waals surface area contributed by atoms with Crippen LogP contribution in [0.3, 0.4) is 0 Å². The van der Waals surface area contributed by atoms with Gasteiger partial charge in [0.05, 0.1) is 0 Å². The molecule has 0 bridgehead atoms. The normalized spacial score (nSPS) is 22.5. The predicted molar refractivity (Wildman–Crippen MR) is 125 cm³/mol. The second-order valence-corrected chi connectivity index (χ2v) is 11.7. The summed E-state index contributed by atoms with van der Waals surface area (Å²) in [4.78, 5) is 17.3. The first-order valence-corrected chi connectivity index (χ1v) is 13.5. The third-order valence-electron chi connectivity index (χ3n) is 6.30. The summed E-state index contributed by atoms with van der Waals surface area (Å²) in [5.74, 6) is 0.612. The fourth-order valence-corrected chi connectivity index (χ4v) is 6.70. The zero-order chi connectivity index (χ0) is 21.8. The van der Waals surface area contributed by atoms with Gasteiger partial charge in [0.1, 0.15) is 4.21 Å². The molecular formula is C22H28ClN3O3S2. The van der Waals surface area contributed by atoms with Crippen molar-refractivity contribution in [2.24, 2.45) is 11.8 Å². The Bertz CT molecular complexity index is 964. The average molecular weight is 482 g/mol. The maximum atomic E-state index is 13.0. The average Bonchev–Trinajstić information content (AvgIpc) is 3.35. The number of nitrogens with zero attached hydrogens (tertiary/aromatic N) is 2. The van der Waals surface area contributed by atoms with Crippen molar-refractivity contribution in [1.82, 2.24) is 9.62 Å². The van der Waals surface area contributed by atoms with Gasteiger partial charge in [-0.1, -0.05) is 17.7 Å². The summed E-state index contributed by atoms with van der Waals surface area (Å²) in [5.41, 5.74) is 1.14. The predicted octanol–water partition coefficient (Wildman–Crippen LogP) is 3.84. The molecule has 2 fully saturated rings. The molecule has 9 heteroatoms. The van der Waals surface area contributed by atoms with Crippen LogP contribution in [0.1, 0.15) is 25.7 Å². The number of anilines is 1. The molecule has 1 aromatic heterocycles. The standard InChI is InChI=1S/C22H28ClN3O3S2/c23-19-7-9-20(10-8-19)25-11-13-26(14-12-25)22(27)18-5-3-17(4-6-18)16-24-31(28,29)21-2-1-15-30-21/h1-2,7-10,15,17-18,24H,3-6,11-14,16H2. The van der Waals surface area contributed by atoms with Crippen molar-refractivity contribution in [3.63, 3.8) is 0 Å². The molecule has 2 aliphatic rings. The van der Waals surface area contributed by atoms with E-state index in [-0.39, 0.29) is 11.8 Å². The van der Waals surface area contributed by atoms with E-state index in [1.54, 1.807) is 17.5 Å². The van der Waals surface area contributed by atoms with Crippen molar-refractivity contribution in [2.75, 3.05) is 37.6 Å². The minimum absolute atomic E-state index is 0.0623. The highest BCUT2D eigenvalue weighted by Crippen LogP contribution is 2.31. The minimum Gasteiger partial charge on any atom is -0.368 e. The number of carbonyl (C=O) groups is 1. The van der Waals surface area contributed by atoms with E-state index in [9.17, 15) is 13.2 Å². The van der Waals surface area contributed by atoms with Crippen LogP contribution in [0.25, 0.3) is 0 Å². The van der Waals surface area contributed by atoms with Crippen molar-refractivity contribution in [1.29, 1.82) is 0 Å². The van der Waals surface area contributed by atoms with Crippen LogP contribution in [0.2, 0.25) is 5.02 Å². The van der Waals surface area contributed by atoms with Gasteiger partial charge >= 0.3 is 0 Å². The van der Waals surface area contributed by atoms with Crippen molar-refractivity contribution in [2.45, 2.75) is 29.9 Å². The van der Waals surface area contributed by atoms with Gasteiger partial charge in [0.15, 0.2) is 0 Å². The SMILES string of the molecule is O=C(C1CCC(CNS(=O)(=O)c2cccs2)CC1)N1CCN(c2ccc(Cl)cc2)CC1. The van der Waals surface area contributed by atoms with Crippen LogP contribution in [0.5, 0.6) is 0 Å². The number of piperazine rings is 1. The zero-order valence-corrected chi connectivity index (χ0v) is 19.8. The molecule has 31 heavy (non-hydrogen) atoms. The third kappa shape index (κ3) is 5.61. The molecule has 168 valence electrons. The van der Waals surface area contributed by atoms with Crippen LogP contribution in [0.4, 0.5) is 5.69 Å². The molecule has 1 aliphatic carbocycles. The molecule has 2 aromatic rings. The highest BCUT2D eigenvalue weighted by Gasteiger charge is 2.31. The lowest BCUT2D eigenvalue weighted by molar-refractivity contribution is -0.137. The van der Waals surface area contributed by atoms with E-state index in [1.165, 1.54) is 11.3 Å². The van der Waals surface area contributed by atoms with E-state index in [1.807, 2.05) is 29.2 Å². The number of nitrogens with one attached hydrogen (secondary N) is 1. The van der Waals surface area contributed by atoms with Crippen molar-refractivity contribution in [3.05, 3.63) is 46.8 Å². The molecule has 0 atom stereocenters. The number of hydrogen-bond donors (Lipinski definition) is 1. The maximum Gasteiger partial charge on any atom is 0.250 e. The quantitative estimate of drug-likeness (QED) is 0.680. The lowest BCUT2D eigenvalue weighted by Gasteiger charge is -2.38. The fourth-order valence-electron chi connectivity index (χ4n) is 4.42. The zero-order valence-electron chi connectivity index (χ0n) is 17.4. The molecule has 0 radical (unpaired) electrons. The first-order chi connectivity index (χ1) is 14.9. The topological polar surface area (TPSA) is 69.7 Å². The Morgan fingerprint density at radius 1 is 1.03 bits per heavy atom. The van der Waals surface area contributed by atoms with Crippen LogP contribution < -0.4 is 9.62 Å². The molecule has 1 aliphatic heterocycles. The van der Waals surface area contributed by atoms with Gasteiger partial charge in [-0.2, -0.15) is 0 Å². The summed E-state index contributed by atoms with van der Waals surface area (Å²) in [5, 5.41) is 2.49. The molecular weight excluding hydrogens is 454 g/mol. The van der Waals surface area contributed by atoms with Crippen LogP contribution in [0, 0.1) is 11.8 Å². The van der Waals surface area contributed by atoms with Gasteiger partial charge < -0.3 is 9.80 Å². The number of sulfonamides is 1. The molecule has 1 saturated heterocycles. The van der Waals surface area contributed by atoms with Gasteiger partial charge in [-0.05, 0) is 67.3 Å². The van der Waals surface area contributed by atoms with Gasteiger partial charge in [0.2, 0.25) is 15.9 Å². The molecule has 1 N–H and O–H groups in total. The van der Waals surface area contributed by atoms with Crippen LogP contribution in [-0.2, 0) is 14.8 Å². The van der Waals surface area contributed by atoms with Gasteiger partial charge in [-0.15, -0.1) is 11.3 Å². The second-order valence-electron chi connectivity index (χ2n) is 8.29. The Kier molecular flexibility index (Phi) is 7.21. The minimum atomic E-state index is -3.41. The number of amides is 1. The Morgan fingerprint density at radius 3 is 2.32 bits per heavy atom. The molecule has 1 amide bonds. The van der Waals surface area contributed by atoms with Gasteiger partial charge in [-0.25, -0.2) is 13.1 Å². The Hall–Kier alpha value is -1.61. The second kappa shape index (κ2) is 9.90. The van der Waals surface area contributed by atoms with E-state index >= 15 is 0 Å². The number of hydrogen-bond acceptors (Lipinski definition) is 5. The summed E-state index contributed by atoms with van der Waals surface area (Å²) in [6.45, 7) is 3.57. The first kappa shape index (κ1) is 22.6. The van der Waals surface area contributed by atoms with E-state index in [2.05, 4.69) is 9.62 Å². The summed E-state index contributed by atoms with van der Waals surface area (Å²) < 4.78 is 27.7. The lowest BCUT2D eigenvalue weighted by Crippen LogP contribution is -2.50. The summed E-state index contributed by atoms with van der Waals surface area (Å²) in [7, 11) is -3.41. The molecule has 0 unspecified atom stereocenters. The number of halogens is 1. The van der Waals surface area contributed by atoms with E-state index in [4.69, 9.17) is 11.6 Å². The largest absolute Gasteiger partial charge is 0.368 e. The van der Waals surface area contributed by atoms with Crippen LogP contribution in [-0.4, -0.2) is 51.9 Å². The highest BCUT2D eigenvalue weighted by molar-refractivity contribution is 7.91. The van der Waals surface area contributed by atoms with Crippen LogP contribution in [0.15, 0.2) is 46.0 Å². The number of rotatable bonds is 6. The molecule has 0 spiro atoms. The Labute approximate surface area is 193 Å². The first-order valence-electron chi connectivity index (χ1n) is 10.7. The summed E-state index contributed by atoms with van der Waals surface area (Å²) in [6, 6.07) is 11.2. The monoisotopic (exact) mass is 481 g/mol. The number of benzene rings is 1. The number of carbonyl (C=O) groups excluding carboxylic acids is 1. The van der Waals surface area contributed by atoms with E-state index < -0.39 is 10.0 Å². The fraction of sp³-hybridized carbons (Fsp3) is 0.500. The summed E-state index contributed by atoms with van der Waals surface area (Å²) in [6.07, 6.45) is 3.44. The van der Waals surface area contributed by atoms with E-state index in [0.29, 0.717) is 16.7 Å². The smallest absolute Gasteiger partial charge is 0.250 e. The molecule has 1 saturated carbocycles. The molecule has 4 rings (SSSR count). The van der Waals surface area contributed by atoms with Gasteiger partial charge in [0.25, 0.3) is 0 Å². The highest BCUT2D eigenvalue weighted by atomic mass is 35.5. The lowest BCUT2D eigenvalue weighted by atomic mass is 9.81. The third-order valence-corrected chi connectivity index (χ3v) is 9.37. The van der Waals surface area contributed by atoms with Gasteiger partial charge in [-0.3, -0.25) is 4.79 Å². The van der Waals surface area contributed by atoms with Crippen LogP contribution >= 0.6 is 22.9 Å². The molecule has 6 nitrogen and oxygen atoms in total. The molecule has 1 aromatic carbocycles. The van der Waals surface area contributed by atoms with E-state index in [0.717, 1.165) is 62.6 Å². The van der Waals surface area contributed by atoms with Crippen molar-refractivity contribution < 1.29 is 13.2 Å². The van der Waals surface area contributed by atoms with Crippen molar-refractivity contribution in [3.8, 4) is 0 Å². The maximum absolute atomic E-state index is 13.0. The Morgan fingerprint density at radius 2 is 1.71 bits per heavy atom. The van der Waals surface area contributed by atoms with Crippen molar-refractivity contribution >= 4 is 44.6 Å². The number of thiophene rings is 1.